The second-order valence-corrected chi connectivity index (χ2v) is 14.6. The van der Waals surface area contributed by atoms with E-state index in [0.29, 0.717) is 12.2 Å². The summed E-state index contributed by atoms with van der Waals surface area (Å²) in [5.41, 5.74) is 12.4. The largest absolute Gasteiger partial charge is 0.427 e. The van der Waals surface area contributed by atoms with Gasteiger partial charge in [-0.3, -0.25) is 4.79 Å². The van der Waals surface area contributed by atoms with Crippen molar-refractivity contribution in [2.45, 2.75) is 84.0 Å². The lowest BCUT2D eigenvalue weighted by atomic mass is 9.81. The number of carbonyl (C=O) groups excluding carboxylic acids is 1. The van der Waals surface area contributed by atoms with Crippen LogP contribution in [0.5, 0.6) is 5.75 Å². The molecule has 0 bridgehead atoms. The summed E-state index contributed by atoms with van der Waals surface area (Å²) in [6.07, 6.45) is 11.9. The molecule has 0 amide bonds. The van der Waals surface area contributed by atoms with Gasteiger partial charge in [0.2, 0.25) is 5.69 Å². The van der Waals surface area contributed by atoms with Crippen molar-refractivity contribution in [1.29, 1.82) is 0 Å². The van der Waals surface area contributed by atoms with Gasteiger partial charge in [-0.05, 0) is 102 Å². The summed E-state index contributed by atoms with van der Waals surface area (Å²) in [5, 5.41) is 0.930. The summed E-state index contributed by atoms with van der Waals surface area (Å²) in [6, 6.07) is 26.7. The first kappa shape index (κ1) is 33.8. The van der Waals surface area contributed by atoms with Gasteiger partial charge in [0.05, 0.1) is 11.1 Å². The van der Waals surface area contributed by atoms with E-state index in [1.807, 2.05) is 30.3 Å². The van der Waals surface area contributed by atoms with E-state index in [4.69, 9.17) is 16.3 Å². The number of fused-ring (bicyclic) bond motifs is 2. The molecule has 0 saturated heterocycles. The van der Waals surface area contributed by atoms with E-state index < -0.39 is 0 Å². The van der Waals surface area contributed by atoms with Gasteiger partial charge in [-0.1, -0.05) is 72.3 Å². The Labute approximate surface area is 291 Å². The molecule has 0 saturated carbocycles. The van der Waals surface area contributed by atoms with Gasteiger partial charge >= 0.3 is 5.97 Å². The molecule has 0 fully saturated rings. The number of hydrogen-bond acceptors (Lipinski definition) is 3. The van der Waals surface area contributed by atoms with Gasteiger partial charge in [0.15, 0.2) is 5.71 Å². The van der Waals surface area contributed by atoms with Crippen LogP contribution in [0.15, 0.2) is 119 Å². The van der Waals surface area contributed by atoms with Crippen molar-refractivity contribution >= 4 is 34.7 Å². The Morgan fingerprint density at radius 2 is 1.65 bits per heavy atom. The van der Waals surface area contributed by atoms with Gasteiger partial charge in [0.1, 0.15) is 12.3 Å². The number of unbranched alkanes of at least 4 members (excludes halogenated alkanes) is 1. The zero-order valence-corrected chi connectivity index (χ0v) is 29.8. The number of nitrogens with zero attached hydrogens (tertiary/aromatic N) is 2. The molecule has 0 aromatic heterocycles. The van der Waals surface area contributed by atoms with E-state index in [1.165, 1.54) is 33.8 Å². The van der Waals surface area contributed by atoms with Crippen molar-refractivity contribution in [2.75, 3.05) is 18.0 Å². The second-order valence-electron chi connectivity index (χ2n) is 14.2. The predicted molar refractivity (Wildman–Crippen MR) is 199 cm³/mol. The normalized spacial score (nSPS) is 19.4. The van der Waals surface area contributed by atoms with E-state index in [-0.39, 0.29) is 22.7 Å². The van der Waals surface area contributed by atoms with Crippen LogP contribution in [0.3, 0.4) is 0 Å². The maximum absolute atomic E-state index is 12.5. The molecule has 1 aliphatic carbocycles. The Balaban J connectivity index is 1.21. The van der Waals surface area contributed by atoms with Crippen LogP contribution in [-0.4, -0.2) is 29.3 Å². The van der Waals surface area contributed by atoms with Crippen molar-refractivity contribution in [2.24, 2.45) is 5.92 Å². The molecule has 0 N–H and O–H groups in total. The summed E-state index contributed by atoms with van der Waals surface area (Å²) in [4.78, 5) is 14.9. The standard InChI is InChI=1S/C43H48ClN2O2/c1-6-45-36-23-12-10-21-34(36)42(2,3)38(45)28-26-31-17-16-18-32(41(31)44)27-29-39-43(4,5)35-22-11-13-24-37(35)46(39)30-15-14-25-40(47)48-33-19-8-7-9-20-33/h7-13,19-24,26-28,32H,6,14-18,25,30H2,1-5H3/q+1/b28-26+. The molecule has 5 heteroatoms. The average Bonchev–Trinajstić information content (AvgIpc) is 3.44. The average molecular weight is 660 g/mol. The molecule has 2 heterocycles. The third-order valence-corrected chi connectivity index (χ3v) is 10.8. The van der Waals surface area contributed by atoms with Gasteiger partial charge in [0, 0.05) is 52.7 Å². The van der Waals surface area contributed by atoms with E-state index >= 15 is 0 Å². The fraction of sp³-hybridized carbons (Fsp3) is 0.372. The van der Waals surface area contributed by atoms with Gasteiger partial charge in [-0.25, -0.2) is 0 Å². The number of allylic oxidation sites excluding steroid dienone is 5. The quantitative estimate of drug-likeness (QED) is 0.0714. The summed E-state index contributed by atoms with van der Waals surface area (Å²) in [6.45, 7) is 13.2. The fourth-order valence-corrected chi connectivity index (χ4v) is 8.01. The van der Waals surface area contributed by atoms with E-state index in [0.717, 1.165) is 55.9 Å². The number of esters is 1. The minimum Gasteiger partial charge on any atom is -0.427 e. The highest BCUT2D eigenvalue weighted by atomic mass is 35.5. The zero-order valence-electron chi connectivity index (χ0n) is 29.1. The van der Waals surface area contributed by atoms with Crippen LogP contribution in [0, 0.1) is 5.92 Å². The minimum atomic E-state index is -0.198. The number of ether oxygens (including phenoxy) is 1. The van der Waals surface area contributed by atoms with Gasteiger partial charge < -0.3 is 9.64 Å². The smallest absolute Gasteiger partial charge is 0.311 e. The Bertz CT molecular complexity index is 1840. The van der Waals surface area contributed by atoms with Gasteiger partial charge in [0.25, 0.3) is 0 Å². The van der Waals surface area contributed by atoms with Gasteiger partial charge in [-0.2, -0.15) is 4.58 Å². The van der Waals surface area contributed by atoms with Crippen LogP contribution in [0.4, 0.5) is 11.4 Å². The van der Waals surface area contributed by atoms with E-state index in [9.17, 15) is 4.79 Å². The second kappa shape index (κ2) is 14.2. The number of rotatable bonds is 10. The van der Waals surface area contributed by atoms with E-state index in [1.54, 1.807) is 0 Å². The molecule has 0 spiro atoms. The van der Waals surface area contributed by atoms with Crippen molar-refractivity contribution in [3.8, 4) is 5.75 Å². The molecule has 3 aromatic rings. The van der Waals surface area contributed by atoms with Crippen LogP contribution in [0.1, 0.15) is 84.3 Å². The van der Waals surface area contributed by atoms with Crippen LogP contribution in [0.2, 0.25) is 0 Å². The highest BCUT2D eigenvalue weighted by molar-refractivity contribution is 6.30. The van der Waals surface area contributed by atoms with Crippen molar-refractivity contribution in [3.05, 3.63) is 130 Å². The maximum Gasteiger partial charge on any atom is 0.311 e. The monoisotopic (exact) mass is 659 g/mol. The predicted octanol–water partition coefficient (Wildman–Crippen LogP) is 10.5. The van der Waals surface area contributed by atoms with Gasteiger partial charge in [-0.15, -0.1) is 5.73 Å². The highest BCUT2D eigenvalue weighted by Crippen LogP contribution is 2.47. The Kier molecular flexibility index (Phi) is 9.97. The molecular formula is C43H48ClN2O2+. The first-order valence-electron chi connectivity index (χ1n) is 17.5. The summed E-state index contributed by atoms with van der Waals surface area (Å²) in [5.74, 6) is 0.531. The third kappa shape index (κ3) is 6.62. The number of anilines is 1. The topological polar surface area (TPSA) is 32.5 Å². The molecule has 0 radical (unpaired) electrons. The molecular weight excluding hydrogens is 612 g/mol. The highest BCUT2D eigenvalue weighted by Gasteiger charge is 2.43. The van der Waals surface area contributed by atoms with Crippen molar-refractivity contribution in [1.82, 2.24) is 0 Å². The lowest BCUT2D eigenvalue weighted by Gasteiger charge is -2.26. The molecule has 6 rings (SSSR count). The SMILES string of the molecule is CC[N+]1=C(/C=C/C2=C(Cl)C(C=C=C3N(CCCCC(=O)Oc4ccccc4)c4ccccc4C3(C)C)CCC2)C(C)(C)c2ccccc21. The molecule has 2 aliphatic heterocycles. The molecule has 3 aromatic carbocycles. The number of carbonyl (C=O) groups is 1. The molecule has 48 heavy (non-hydrogen) atoms. The molecule has 4 nitrogen and oxygen atoms in total. The number of para-hydroxylation sites is 3. The third-order valence-electron chi connectivity index (χ3n) is 10.3. The summed E-state index contributed by atoms with van der Waals surface area (Å²) >= 11 is 7.20. The first-order chi connectivity index (χ1) is 23.1. The zero-order chi connectivity index (χ0) is 33.9. The Morgan fingerprint density at radius 1 is 0.938 bits per heavy atom. The van der Waals surface area contributed by atoms with E-state index in [2.05, 4.69) is 117 Å². The fourth-order valence-electron chi connectivity index (χ4n) is 7.68. The van der Waals surface area contributed by atoms with Crippen LogP contribution in [-0.2, 0) is 15.6 Å². The Morgan fingerprint density at radius 3 is 2.42 bits per heavy atom. The lowest BCUT2D eigenvalue weighted by Crippen LogP contribution is -2.27. The molecule has 248 valence electrons. The number of benzene rings is 3. The van der Waals surface area contributed by atoms with Crippen LogP contribution in [0.25, 0.3) is 0 Å². The summed E-state index contributed by atoms with van der Waals surface area (Å²) in [7, 11) is 0. The van der Waals surface area contributed by atoms with Crippen LogP contribution >= 0.6 is 11.6 Å². The maximum atomic E-state index is 12.5. The first-order valence-corrected chi connectivity index (χ1v) is 17.9. The molecule has 3 aliphatic rings. The number of halogens is 1. The van der Waals surface area contributed by atoms with Crippen molar-refractivity contribution in [3.63, 3.8) is 0 Å². The summed E-state index contributed by atoms with van der Waals surface area (Å²) < 4.78 is 7.94. The Hall–Kier alpha value is -4.11. The van der Waals surface area contributed by atoms with Crippen molar-refractivity contribution < 1.29 is 14.1 Å². The number of hydrogen-bond donors (Lipinski definition) is 0. The lowest BCUT2D eigenvalue weighted by molar-refractivity contribution is -0.433. The minimum absolute atomic E-state index is 0.0662. The molecule has 1 unspecified atom stereocenters. The molecule has 1 atom stereocenters. The van der Waals surface area contributed by atoms with Crippen LogP contribution < -0.4 is 9.64 Å².